The third kappa shape index (κ3) is 3.47. The van der Waals surface area contributed by atoms with Crippen molar-refractivity contribution in [2.45, 2.75) is 56.1 Å². The van der Waals surface area contributed by atoms with Crippen LogP contribution in [0.1, 0.15) is 44.1 Å². The highest BCUT2D eigenvalue weighted by Crippen LogP contribution is 2.32. The zero-order valence-electron chi connectivity index (χ0n) is 13.1. The van der Waals surface area contributed by atoms with Crippen molar-refractivity contribution in [1.82, 2.24) is 10.2 Å². The van der Waals surface area contributed by atoms with Crippen LogP contribution in [0.15, 0.2) is 30.3 Å². The minimum absolute atomic E-state index is 0.173. The van der Waals surface area contributed by atoms with Crippen molar-refractivity contribution < 1.29 is 5.11 Å². The third-order valence-electron chi connectivity index (χ3n) is 5.24. The molecule has 2 aliphatic carbocycles. The van der Waals surface area contributed by atoms with Crippen LogP contribution >= 0.6 is 0 Å². The molecule has 0 heterocycles. The summed E-state index contributed by atoms with van der Waals surface area (Å²) in [5.74, 6) is 0. The molecular weight excluding hydrogens is 260 g/mol. The maximum atomic E-state index is 10.1. The van der Waals surface area contributed by atoms with Crippen LogP contribution in [0.3, 0.4) is 0 Å². The van der Waals surface area contributed by atoms with Crippen LogP contribution in [-0.4, -0.2) is 42.3 Å². The average Bonchev–Trinajstić information content (AvgIpc) is 3.26. The summed E-state index contributed by atoms with van der Waals surface area (Å²) in [4.78, 5) is 2.48. The second kappa shape index (κ2) is 6.47. The molecular formula is C18H28N2O. The monoisotopic (exact) mass is 288 g/mol. The molecule has 1 unspecified atom stereocenters. The Morgan fingerprint density at radius 2 is 1.90 bits per heavy atom. The van der Waals surface area contributed by atoms with Crippen LogP contribution in [0.5, 0.6) is 0 Å². The number of aliphatic hydroxyl groups excluding tert-OH is 1. The molecule has 0 bridgehead atoms. The van der Waals surface area contributed by atoms with Crippen molar-refractivity contribution in [2.75, 3.05) is 20.2 Å². The average molecular weight is 288 g/mol. The number of nitrogens with one attached hydrogen (secondary N) is 1. The second-order valence-electron chi connectivity index (χ2n) is 6.84. The lowest BCUT2D eigenvalue weighted by molar-refractivity contribution is 0.106. The lowest BCUT2D eigenvalue weighted by Crippen LogP contribution is -2.50. The summed E-state index contributed by atoms with van der Waals surface area (Å²) in [6, 6.07) is 11.8. The predicted octanol–water partition coefficient (Wildman–Crippen LogP) is 2.50. The topological polar surface area (TPSA) is 35.5 Å². The first-order valence-corrected chi connectivity index (χ1v) is 8.38. The number of nitrogens with zero attached hydrogens (tertiary/aromatic N) is 1. The second-order valence-corrected chi connectivity index (χ2v) is 6.84. The first-order valence-electron chi connectivity index (χ1n) is 8.38. The molecule has 1 aromatic carbocycles. The Labute approximate surface area is 128 Å². The predicted molar refractivity (Wildman–Crippen MR) is 86.2 cm³/mol. The van der Waals surface area contributed by atoms with E-state index in [2.05, 4.69) is 41.5 Å². The van der Waals surface area contributed by atoms with Crippen molar-refractivity contribution in [3.05, 3.63) is 35.9 Å². The van der Waals surface area contributed by atoms with Crippen molar-refractivity contribution >= 4 is 0 Å². The van der Waals surface area contributed by atoms with Gasteiger partial charge < -0.3 is 15.3 Å². The van der Waals surface area contributed by atoms with E-state index in [0.717, 1.165) is 19.0 Å². The molecule has 2 fully saturated rings. The molecule has 0 saturated heterocycles. The van der Waals surface area contributed by atoms with Crippen LogP contribution in [0, 0.1) is 0 Å². The van der Waals surface area contributed by atoms with Crippen LogP contribution in [0.25, 0.3) is 0 Å². The van der Waals surface area contributed by atoms with E-state index in [-0.39, 0.29) is 12.1 Å². The molecule has 0 aliphatic heterocycles. The summed E-state index contributed by atoms with van der Waals surface area (Å²) in [6.45, 7) is 1.21. The SMILES string of the molecule is CN(CCC(CO)(NC1CC1)c1ccccc1)C1CCC1. The lowest BCUT2D eigenvalue weighted by Gasteiger charge is -2.39. The van der Waals surface area contributed by atoms with Gasteiger partial charge in [0.25, 0.3) is 0 Å². The molecule has 0 amide bonds. The maximum Gasteiger partial charge on any atom is 0.0683 e. The highest BCUT2D eigenvalue weighted by atomic mass is 16.3. The summed E-state index contributed by atoms with van der Waals surface area (Å²) >= 11 is 0. The fourth-order valence-electron chi connectivity index (χ4n) is 3.27. The van der Waals surface area contributed by atoms with Gasteiger partial charge in [0.05, 0.1) is 12.1 Å². The van der Waals surface area contributed by atoms with E-state index in [1.807, 2.05) is 6.07 Å². The largest absolute Gasteiger partial charge is 0.394 e. The van der Waals surface area contributed by atoms with Crippen LogP contribution in [-0.2, 0) is 5.54 Å². The Balaban J connectivity index is 1.71. The van der Waals surface area contributed by atoms with Gasteiger partial charge in [0.2, 0.25) is 0 Å². The van der Waals surface area contributed by atoms with E-state index in [1.54, 1.807) is 0 Å². The molecule has 0 aromatic heterocycles. The van der Waals surface area contributed by atoms with E-state index in [4.69, 9.17) is 0 Å². The van der Waals surface area contributed by atoms with E-state index >= 15 is 0 Å². The molecule has 0 radical (unpaired) electrons. The van der Waals surface area contributed by atoms with Gasteiger partial charge in [-0.1, -0.05) is 36.8 Å². The molecule has 2 aliphatic rings. The molecule has 3 nitrogen and oxygen atoms in total. The number of rotatable bonds is 8. The Hall–Kier alpha value is -0.900. The van der Waals surface area contributed by atoms with Gasteiger partial charge in [-0.25, -0.2) is 0 Å². The van der Waals surface area contributed by atoms with Gasteiger partial charge in [-0.2, -0.15) is 0 Å². The van der Waals surface area contributed by atoms with Gasteiger partial charge in [0, 0.05) is 18.6 Å². The quantitative estimate of drug-likeness (QED) is 0.771. The normalized spacial score (nSPS) is 22.0. The molecule has 1 atom stereocenters. The van der Waals surface area contributed by atoms with Crippen molar-refractivity contribution in [3.8, 4) is 0 Å². The molecule has 116 valence electrons. The zero-order valence-corrected chi connectivity index (χ0v) is 13.1. The van der Waals surface area contributed by atoms with Gasteiger partial charge in [-0.05, 0) is 44.7 Å². The van der Waals surface area contributed by atoms with Crippen molar-refractivity contribution in [1.29, 1.82) is 0 Å². The van der Waals surface area contributed by atoms with E-state index in [0.29, 0.717) is 6.04 Å². The van der Waals surface area contributed by atoms with E-state index < -0.39 is 0 Å². The van der Waals surface area contributed by atoms with Gasteiger partial charge >= 0.3 is 0 Å². The number of hydrogen-bond donors (Lipinski definition) is 2. The molecule has 3 rings (SSSR count). The Morgan fingerprint density at radius 3 is 2.43 bits per heavy atom. The summed E-state index contributed by atoms with van der Waals surface area (Å²) in [7, 11) is 2.23. The van der Waals surface area contributed by atoms with Gasteiger partial charge in [-0.3, -0.25) is 0 Å². The fraction of sp³-hybridized carbons (Fsp3) is 0.667. The Morgan fingerprint density at radius 1 is 1.19 bits per heavy atom. The Kier molecular flexibility index (Phi) is 4.63. The number of benzene rings is 1. The minimum Gasteiger partial charge on any atom is -0.394 e. The molecule has 3 heteroatoms. The molecule has 1 aromatic rings. The van der Waals surface area contributed by atoms with E-state index in [9.17, 15) is 5.11 Å². The summed E-state index contributed by atoms with van der Waals surface area (Å²) in [5.41, 5.74) is 0.946. The molecule has 0 spiro atoms. The van der Waals surface area contributed by atoms with E-state index in [1.165, 1.54) is 37.7 Å². The van der Waals surface area contributed by atoms with Crippen LogP contribution < -0.4 is 5.32 Å². The minimum atomic E-state index is -0.277. The van der Waals surface area contributed by atoms with Gasteiger partial charge in [0.15, 0.2) is 0 Å². The summed E-state index contributed by atoms with van der Waals surface area (Å²) < 4.78 is 0. The molecule has 21 heavy (non-hydrogen) atoms. The molecule has 2 saturated carbocycles. The number of aliphatic hydroxyl groups is 1. The summed E-state index contributed by atoms with van der Waals surface area (Å²) in [5, 5.41) is 13.9. The van der Waals surface area contributed by atoms with Crippen LogP contribution in [0.2, 0.25) is 0 Å². The van der Waals surface area contributed by atoms with Crippen molar-refractivity contribution in [2.24, 2.45) is 0 Å². The summed E-state index contributed by atoms with van der Waals surface area (Å²) in [6.07, 6.45) is 7.50. The highest BCUT2D eigenvalue weighted by molar-refractivity contribution is 5.25. The third-order valence-corrected chi connectivity index (χ3v) is 5.24. The first-order chi connectivity index (χ1) is 10.2. The Bertz CT molecular complexity index is 442. The smallest absolute Gasteiger partial charge is 0.0683 e. The first kappa shape index (κ1) is 15.0. The van der Waals surface area contributed by atoms with Gasteiger partial charge in [0.1, 0.15) is 0 Å². The van der Waals surface area contributed by atoms with Gasteiger partial charge in [-0.15, -0.1) is 0 Å². The standard InChI is InChI=1S/C18H28N2O/c1-20(17-8-5-9-17)13-12-18(14-21,19-16-10-11-16)15-6-3-2-4-7-15/h2-4,6-7,16-17,19,21H,5,8-14H2,1H3. The number of hydrogen-bond acceptors (Lipinski definition) is 3. The zero-order chi connectivity index (χ0) is 14.7. The van der Waals surface area contributed by atoms with Crippen molar-refractivity contribution in [3.63, 3.8) is 0 Å². The van der Waals surface area contributed by atoms with Crippen LogP contribution in [0.4, 0.5) is 0 Å². The molecule has 2 N–H and O–H groups in total. The fourth-order valence-corrected chi connectivity index (χ4v) is 3.27. The highest BCUT2D eigenvalue weighted by Gasteiger charge is 2.37. The maximum absolute atomic E-state index is 10.1. The lowest BCUT2D eigenvalue weighted by atomic mass is 9.85.